The molecule has 1 amide bonds. The average Bonchev–Trinajstić information content (AvgIpc) is 3.13. The molecule has 1 heterocycles. The van der Waals surface area contributed by atoms with Gasteiger partial charge in [-0.15, -0.1) is 0 Å². The highest BCUT2D eigenvalue weighted by atomic mass is 16.6. The lowest BCUT2D eigenvalue weighted by molar-refractivity contribution is -0.137. The number of nitriles is 1. The number of Topliss-reactive ketones (excluding diaryl/α,β-unsaturated/α-hetero) is 1. The molecule has 0 aliphatic carbocycles. The fourth-order valence-electron chi connectivity index (χ4n) is 3.63. The highest BCUT2D eigenvalue weighted by Gasteiger charge is 2.20. The summed E-state index contributed by atoms with van der Waals surface area (Å²) in [6.07, 6.45) is 2.43. The predicted molar refractivity (Wildman–Crippen MR) is 122 cm³/mol. The van der Waals surface area contributed by atoms with Crippen LogP contribution < -0.4 is 4.74 Å². The second kappa shape index (κ2) is 10.5. The normalized spacial score (nSPS) is 10.6. The van der Waals surface area contributed by atoms with Crippen molar-refractivity contribution in [3.8, 4) is 11.8 Å². The maximum atomic E-state index is 13.0. The van der Waals surface area contributed by atoms with Gasteiger partial charge >= 0.3 is 12.1 Å². The first-order valence-corrected chi connectivity index (χ1v) is 10.6. The molecule has 0 bridgehead atoms. The minimum Gasteiger partial charge on any atom is -0.480 e. The van der Waals surface area contributed by atoms with Crippen molar-refractivity contribution >= 4 is 28.7 Å². The fourth-order valence-corrected chi connectivity index (χ4v) is 3.63. The van der Waals surface area contributed by atoms with Gasteiger partial charge in [-0.1, -0.05) is 19.1 Å². The van der Waals surface area contributed by atoms with Crippen LogP contribution in [0.4, 0.5) is 4.79 Å². The smallest absolute Gasteiger partial charge is 0.415 e. The summed E-state index contributed by atoms with van der Waals surface area (Å²) in [6, 6.07) is 14.2. The molecule has 0 atom stereocenters. The third-order valence-corrected chi connectivity index (χ3v) is 5.27. The molecule has 0 spiro atoms. The van der Waals surface area contributed by atoms with Crippen molar-refractivity contribution in [3.63, 3.8) is 0 Å². The SMILES string of the molecule is CCCN(CC(=O)O)C(=O)Oc1ccc2c(c1)c(C(=O)CCc1ccc(C#N)cc1)cn2C. The molecular weight excluding hydrogens is 422 g/mol. The van der Waals surface area contributed by atoms with Gasteiger partial charge in [-0.25, -0.2) is 4.79 Å². The van der Waals surface area contributed by atoms with E-state index in [9.17, 15) is 14.4 Å². The van der Waals surface area contributed by atoms with E-state index >= 15 is 0 Å². The van der Waals surface area contributed by atoms with Gasteiger partial charge in [0.15, 0.2) is 5.78 Å². The number of rotatable bonds is 9. The van der Waals surface area contributed by atoms with Gasteiger partial charge in [-0.2, -0.15) is 5.26 Å². The number of aromatic nitrogens is 1. The molecule has 3 aromatic rings. The van der Waals surface area contributed by atoms with Crippen molar-refractivity contribution < 1.29 is 24.2 Å². The monoisotopic (exact) mass is 447 g/mol. The van der Waals surface area contributed by atoms with Crippen molar-refractivity contribution in [1.29, 1.82) is 5.26 Å². The number of carboxylic acids is 1. The molecule has 0 radical (unpaired) electrons. The maximum Gasteiger partial charge on any atom is 0.415 e. The number of ether oxygens (including phenoxy) is 1. The number of ketones is 1. The van der Waals surface area contributed by atoms with Crippen LogP contribution in [0.2, 0.25) is 0 Å². The average molecular weight is 447 g/mol. The lowest BCUT2D eigenvalue weighted by atomic mass is 10.0. The Balaban J connectivity index is 1.78. The predicted octanol–water partition coefficient (Wildman–Crippen LogP) is 4.16. The van der Waals surface area contributed by atoms with E-state index in [2.05, 4.69) is 6.07 Å². The van der Waals surface area contributed by atoms with Crippen molar-refractivity contribution in [2.75, 3.05) is 13.1 Å². The molecule has 170 valence electrons. The molecule has 0 aliphatic rings. The van der Waals surface area contributed by atoms with E-state index in [1.807, 2.05) is 30.7 Å². The van der Waals surface area contributed by atoms with Crippen LogP contribution in [-0.2, 0) is 18.3 Å². The van der Waals surface area contributed by atoms with Crippen LogP contribution in [0.25, 0.3) is 10.9 Å². The van der Waals surface area contributed by atoms with Crippen molar-refractivity contribution in [1.82, 2.24) is 9.47 Å². The van der Waals surface area contributed by atoms with Crippen molar-refractivity contribution in [2.45, 2.75) is 26.2 Å². The largest absolute Gasteiger partial charge is 0.480 e. The van der Waals surface area contributed by atoms with E-state index in [1.165, 1.54) is 0 Å². The van der Waals surface area contributed by atoms with Crippen LogP contribution in [0.3, 0.4) is 0 Å². The van der Waals surface area contributed by atoms with Gasteiger partial charge in [-0.05, 0) is 48.7 Å². The molecule has 2 aromatic carbocycles. The van der Waals surface area contributed by atoms with Crippen LogP contribution in [0.1, 0.15) is 41.3 Å². The minimum absolute atomic E-state index is 0.0491. The van der Waals surface area contributed by atoms with Gasteiger partial charge < -0.3 is 14.4 Å². The molecule has 0 saturated heterocycles. The summed E-state index contributed by atoms with van der Waals surface area (Å²) >= 11 is 0. The number of aryl methyl sites for hydroxylation is 2. The van der Waals surface area contributed by atoms with Gasteiger partial charge in [0.1, 0.15) is 12.3 Å². The molecule has 1 N–H and O–H groups in total. The Bertz CT molecular complexity index is 1220. The number of fused-ring (bicyclic) bond motifs is 1. The molecule has 33 heavy (non-hydrogen) atoms. The Morgan fingerprint density at radius 3 is 2.52 bits per heavy atom. The van der Waals surface area contributed by atoms with Gasteiger partial charge in [0, 0.05) is 42.7 Å². The molecule has 1 aromatic heterocycles. The zero-order valence-corrected chi connectivity index (χ0v) is 18.6. The topological polar surface area (TPSA) is 113 Å². The molecular formula is C25H25N3O5. The van der Waals surface area contributed by atoms with Gasteiger partial charge in [0.2, 0.25) is 0 Å². The summed E-state index contributed by atoms with van der Waals surface area (Å²) in [7, 11) is 1.83. The highest BCUT2D eigenvalue weighted by molar-refractivity contribution is 6.08. The minimum atomic E-state index is -1.12. The Morgan fingerprint density at radius 2 is 1.88 bits per heavy atom. The number of aliphatic carboxylic acids is 1. The molecule has 0 saturated carbocycles. The maximum absolute atomic E-state index is 13.0. The summed E-state index contributed by atoms with van der Waals surface area (Å²) in [4.78, 5) is 37.6. The number of benzene rings is 2. The summed E-state index contributed by atoms with van der Waals surface area (Å²) < 4.78 is 7.25. The second-order valence-electron chi connectivity index (χ2n) is 7.75. The third-order valence-electron chi connectivity index (χ3n) is 5.27. The van der Waals surface area contributed by atoms with Gasteiger partial charge in [0.25, 0.3) is 0 Å². The fraction of sp³-hybridized carbons (Fsp3) is 0.280. The van der Waals surface area contributed by atoms with Crippen LogP contribution >= 0.6 is 0 Å². The van der Waals surface area contributed by atoms with E-state index in [1.54, 1.807) is 36.5 Å². The summed E-state index contributed by atoms with van der Waals surface area (Å²) in [5, 5.41) is 18.6. The lowest BCUT2D eigenvalue weighted by Crippen LogP contribution is -2.38. The van der Waals surface area contributed by atoms with E-state index in [4.69, 9.17) is 15.1 Å². The molecule has 0 unspecified atom stereocenters. The quantitative estimate of drug-likeness (QED) is 0.493. The van der Waals surface area contributed by atoms with Crippen LogP contribution in [0.15, 0.2) is 48.7 Å². The van der Waals surface area contributed by atoms with E-state index < -0.39 is 18.6 Å². The number of hydrogen-bond donors (Lipinski definition) is 1. The van der Waals surface area contributed by atoms with Crippen LogP contribution in [0, 0.1) is 11.3 Å². The Kier molecular flexibility index (Phi) is 7.46. The molecule has 8 heteroatoms. The van der Waals surface area contributed by atoms with E-state index in [-0.39, 0.29) is 24.5 Å². The first kappa shape index (κ1) is 23.5. The third kappa shape index (κ3) is 5.77. The van der Waals surface area contributed by atoms with E-state index in [0.717, 1.165) is 16.0 Å². The number of hydrogen-bond acceptors (Lipinski definition) is 5. The first-order chi connectivity index (χ1) is 15.8. The number of amides is 1. The first-order valence-electron chi connectivity index (χ1n) is 10.6. The summed E-state index contributed by atoms with van der Waals surface area (Å²) in [6.45, 7) is 1.66. The molecule has 0 fully saturated rings. The van der Waals surface area contributed by atoms with Crippen molar-refractivity contribution in [3.05, 3.63) is 65.4 Å². The van der Waals surface area contributed by atoms with Crippen molar-refractivity contribution in [2.24, 2.45) is 7.05 Å². The zero-order valence-electron chi connectivity index (χ0n) is 18.6. The molecule has 3 rings (SSSR count). The number of carboxylic acid groups (broad SMARTS) is 1. The summed E-state index contributed by atoms with van der Waals surface area (Å²) in [5.74, 6) is -0.924. The highest BCUT2D eigenvalue weighted by Crippen LogP contribution is 2.27. The molecule has 0 aliphatic heterocycles. The number of nitrogens with zero attached hydrogens (tertiary/aromatic N) is 3. The van der Waals surface area contributed by atoms with Crippen LogP contribution in [-0.4, -0.2) is 45.5 Å². The Labute approximate surface area is 191 Å². The van der Waals surface area contributed by atoms with Gasteiger partial charge in [0.05, 0.1) is 11.6 Å². The Hall–Kier alpha value is -4.12. The zero-order chi connectivity index (χ0) is 24.0. The standard InChI is InChI=1S/C25H25N3O5/c1-3-12-28(16-24(30)31)25(32)33-19-9-10-22-20(13-19)21(15-27(22)2)23(29)11-8-17-4-6-18(14-26)7-5-17/h4-7,9-10,13,15H,3,8,11-12,16H2,1-2H3,(H,30,31). The number of carbonyl (C=O) groups is 3. The summed E-state index contributed by atoms with van der Waals surface area (Å²) in [5.41, 5.74) is 2.87. The lowest BCUT2D eigenvalue weighted by Gasteiger charge is -2.19. The molecule has 8 nitrogen and oxygen atoms in total. The van der Waals surface area contributed by atoms with Gasteiger partial charge in [-0.3, -0.25) is 14.5 Å². The number of carbonyl (C=O) groups excluding carboxylic acids is 2. The second-order valence-corrected chi connectivity index (χ2v) is 7.75. The van der Waals surface area contributed by atoms with Crippen LogP contribution in [0.5, 0.6) is 5.75 Å². The Morgan fingerprint density at radius 1 is 1.15 bits per heavy atom. The van der Waals surface area contributed by atoms with E-state index in [0.29, 0.717) is 29.4 Å².